The average Bonchev–Trinajstić information content (AvgIpc) is 2.50. The second-order valence-corrected chi connectivity index (χ2v) is 3.31. The molecule has 15 heavy (non-hydrogen) atoms. The monoisotopic (exact) mass is 206 g/mol. The number of anilines is 1. The molecule has 0 fully saturated rings. The van der Waals surface area contributed by atoms with Gasteiger partial charge in [-0.15, -0.1) is 0 Å². The minimum absolute atomic E-state index is 0.243. The van der Waals surface area contributed by atoms with Crippen LogP contribution < -0.4 is 5.73 Å². The topological polar surface area (TPSA) is 56.7 Å². The van der Waals surface area contributed by atoms with Crippen LogP contribution >= 0.6 is 0 Å². The van der Waals surface area contributed by atoms with Gasteiger partial charge in [-0.3, -0.25) is 0 Å². The van der Waals surface area contributed by atoms with E-state index < -0.39 is 0 Å². The molecule has 0 aliphatic heterocycles. The summed E-state index contributed by atoms with van der Waals surface area (Å²) in [6, 6.07) is 6.26. The second kappa shape index (κ2) is 3.68. The van der Waals surface area contributed by atoms with Gasteiger partial charge in [-0.25, -0.2) is 9.07 Å². The fraction of sp³-hybridized carbons (Fsp3) is 0.200. The summed E-state index contributed by atoms with van der Waals surface area (Å²) in [6.07, 6.45) is 0.561. The summed E-state index contributed by atoms with van der Waals surface area (Å²) in [5.74, 6) is 0.779. The van der Waals surface area contributed by atoms with Crippen molar-refractivity contribution < 1.29 is 4.39 Å². The highest BCUT2D eigenvalue weighted by Gasteiger charge is 2.04. The zero-order valence-electron chi connectivity index (χ0n) is 8.31. The van der Waals surface area contributed by atoms with E-state index >= 15 is 0 Å². The van der Waals surface area contributed by atoms with E-state index in [2.05, 4.69) is 10.1 Å². The first-order valence-electron chi connectivity index (χ1n) is 4.55. The largest absolute Gasteiger partial charge is 0.368 e. The molecule has 1 aromatic carbocycles. The molecule has 0 aliphatic carbocycles. The van der Waals surface area contributed by atoms with Crippen molar-refractivity contribution in [3.05, 3.63) is 41.5 Å². The van der Waals surface area contributed by atoms with Crippen LogP contribution in [0.1, 0.15) is 11.4 Å². The Balaban J connectivity index is 2.18. The smallest absolute Gasteiger partial charge is 0.218 e. The van der Waals surface area contributed by atoms with Crippen molar-refractivity contribution in [1.82, 2.24) is 14.8 Å². The normalized spacial score (nSPS) is 10.5. The molecule has 78 valence electrons. The van der Waals surface area contributed by atoms with Crippen LogP contribution in [-0.4, -0.2) is 14.8 Å². The van der Waals surface area contributed by atoms with E-state index in [-0.39, 0.29) is 5.82 Å². The average molecular weight is 206 g/mol. The molecule has 2 aromatic rings. The maximum atomic E-state index is 12.6. The predicted octanol–water partition coefficient (Wildman–Crippen LogP) is 1.13. The van der Waals surface area contributed by atoms with Crippen molar-refractivity contribution in [2.45, 2.75) is 6.42 Å². The molecule has 4 nitrogen and oxygen atoms in total. The highest BCUT2D eigenvalue weighted by Crippen LogP contribution is 2.08. The number of hydrogen-bond donors (Lipinski definition) is 1. The van der Waals surface area contributed by atoms with Crippen molar-refractivity contribution in [3.63, 3.8) is 0 Å². The van der Waals surface area contributed by atoms with E-state index in [1.54, 1.807) is 19.2 Å². The van der Waals surface area contributed by atoms with Gasteiger partial charge in [-0.2, -0.15) is 10.1 Å². The molecule has 0 saturated carbocycles. The van der Waals surface area contributed by atoms with Gasteiger partial charge in [0.15, 0.2) is 5.82 Å². The quantitative estimate of drug-likeness (QED) is 0.801. The maximum Gasteiger partial charge on any atom is 0.218 e. The second-order valence-electron chi connectivity index (χ2n) is 3.31. The van der Waals surface area contributed by atoms with Gasteiger partial charge in [-0.1, -0.05) is 12.1 Å². The highest BCUT2D eigenvalue weighted by atomic mass is 19.1. The minimum atomic E-state index is -0.243. The van der Waals surface area contributed by atoms with Gasteiger partial charge in [0.1, 0.15) is 5.82 Å². The Morgan fingerprint density at radius 3 is 2.53 bits per heavy atom. The van der Waals surface area contributed by atoms with Crippen LogP contribution in [0.15, 0.2) is 24.3 Å². The van der Waals surface area contributed by atoms with E-state index in [4.69, 9.17) is 5.73 Å². The van der Waals surface area contributed by atoms with Gasteiger partial charge in [0.2, 0.25) is 5.95 Å². The van der Waals surface area contributed by atoms with E-state index in [0.29, 0.717) is 18.2 Å². The maximum absolute atomic E-state index is 12.6. The Morgan fingerprint density at radius 1 is 1.33 bits per heavy atom. The standard InChI is InChI=1S/C10H11FN4/c1-15-10(12)13-9(14-15)6-7-2-4-8(11)5-3-7/h2-5H,6H2,1H3,(H2,12,13,14). The third-order valence-corrected chi connectivity index (χ3v) is 2.12. The van der Waals surface area contributed by atoms with Crippen LogP contribution in [0.3, 0.4) is 0 Å². The molecule has 0 atom stereocenters. The highest BCUT2D eigenvalue weighted by molar-refractivity contribution is 5.22. The number of halogens is 1. The van der Waals surface area contributed by atoms with E-state index in [0.717, 1.165) is 5.56 Å². The van der Waals surface area contributed by atoms with Crippen LogP contribution in [0.4, 0.5) is 10.3 Å². The summed E-state index contributed by atoms with van der Waals surface area (Å²) < 4.78 is 14.2. The van der Waals surface area contributed by atoms with Crippen molar-refractivity contribution in [1.29, 1.82) is 0 Å². The van der Waals surface area contributed by atoms with Gasteiger partial charge in [-0.05, 0) is 17.7 Å². The van der Waals surface area contributed by atoms with Crippen molar-refractivity contribution in [2.75, 3.05) is 5.73 Å². The third kappa shape index (κ3) is 2.12. The Kier molecular flexibility index (Phi) is 2.37. The lowest BCUT2D eigenvalue weighted by atomic mass is 10.1. The minimum Gasteiger partial charge on any atom is -0.368 e. The summed E-state index contributed by atoms with van der Waals surface area (Å²) in [6.45, 7) is 0. The fourth-order valence-electron chi connectivity index (χ4n) is 1.31. The molecule has 0 amide bonds. The van der Waals surface area contributed by atoms with E-state index in [9.17, 15) is 4.39 Å². The number of rotatable bonds is 2. The number of aromatic nitrogens is 3. The number of benzene rings is 1. The van der Waals surface area contributed by atoms with Gasteiger partial charge in [0.05, 0.1) is 0 Å². The molecule has 2 N–H and O–H groups in total. The molecular weight excluding hydrogens is 195 g/mol. The van der Waals surface area contributed by atoms with E-state index in [1.807, 2.05) is 0 Å². The van der Waals surface area contributed by atoms with Crippen molar-refractivity contribution >= 4 is 5.95 Å². The lowest BCUT2D eigenvalue weighted by Crippen LogP contribution is -1.97. The first kappa shape index (κ1) is 9.64. The fourth-order valence-corrected chi connectivity index (χ4v) is 1.31. The first-order valence-corrected chi connectivity index (χ1v) is 4.55. The molecule has 5 heteroatoms. The Morgan fingerprint density at radius 2 is 2.00 bits per heavy atom. The number of nitrogen functional groups attached to an aromatic ring is 1. The Hall–Kier alpha value is -1.91. The molecule has 0 aliphatic rings. The molecule has 1 aromatic heterocycles. The lowest BCUT2D eigenvalue weighted by molar-refractivity contribution is 0.627. The molecule has 0 unspecified atom stereocenters. The summed E-state index contributed by atoms with van der Waals surface area (Å²) in [5.41, 5.74) is 6.51. The summed E-state index contributed by atoms with van der Waals surface area (Å²) >= 11 is 0. The number of nitrogens with two attached hydrogens (primary N) is 1. The zero-order chi connectivity index (χ0) is 10.8. The third-order valence-electron chi connectivity index (χ3n) is 2.12. The van der Waals surface area contributed by atoms with Crippen molar-refractivity contribution in [2.24, 2.45) is 7.05 Å². The molecule has 0 spiro atoms. The number of nitrogens with zero attached hydrogens (tertiary/aromatic N) is 3. The van der Waals surface area contributed by atoms with Crippen LogP contribution in [0, 0.1) is 5.82 Å². The Labute approximate surface area is 86.6 Å². The molecule has 0 bridgehead atoms. The predicted molar refractivity (Wildman–Crippen MR) is 54.6 cm³/mol. The van der Waals surface area contributed by atoms with Gasteiger partial charge in [0, 0.05) is 13.5 Å². The van der Waals surface area contributed by atoms with Gasteiger partial charge in [0.25, 0.3) is 0 Å². The first-order chi connectivity index (χ1) is 7.15. The van der Waals surface area contributed by atoms with Crippen LogP contribution in [0.25, 0.3) is 0 Å². The van der Waals surface area contributed by atoms with Crippen molar-refractivity contribution in [3.8, 4) is 0 Å². The number of hydrogen-bond acceptors (Lipinski definition) is 3. The van der Waals surface area contributed by atoms with Crippen LogP contribution in [0.2, 0.25) is 0 Å². The molecule has 0 saturated heterocycles. The Bertz CT molecular complexity index is 441. The van der Waals surface area contributed by atoms with Gasteiger partial charge >= 0.3 is 0 Å². The summed E-state index contributed by atoms with van der Waals surface area (Å²) in [5, 5.41) is 4.11. The molecule has 1 heterocycles. The molecule has 0 radical (unpaired) electrons. The lowest BCUT2D eigenvalue weighted by Gasteiger charge is -1.96. The van der Waals surface area contributed by atoms with Gasteiger partial charge < -0.3 is 5.73 Å². The summed E-state index contributed by atoms with van der Waals surface area (Å²) in [4.78, 5) is 4.06. The van der Waals surface area contributed by atoms with Crippen LogP contribution in [-0.2, 0) is 13.5 Å². The number of aryl methyl sites for hydroxylation is 1. The molecule has 2 rings (SSSR count). The zero-order valence-corrected chi connectivity index (χ0v) is 8.31. The van der Waals surface area contributed by atoms with Crippen LogP contribution in [0.5, 0.6) is 0 Å². The van der Waals surface area contributed by atoms with E-state index in [1.165, 1.54) is 16.8 Å². The molecular formula is C10H11FN4. The summed E-state index contributed by atoms with van der Waals surface area (Å²) in [7, 11) is 1.73. The SMILES string of the molecule is Cn1nc(Cc2ccc(F)cc2)nc1N.